The molecule has 0 amide bonds. The molecule has 0 aliphatic heterocycles. The molecule has 0 atom stereocenters. The number of rotatable bonds is 0. The molecule has 0 aromatic heterocycles. The molecule has 0 aliphatic carbocycles. The zero-order valence-corrected chi connectivity index (χ0v) is 7.18. The molecule has 0 aliphatic rings. The van der Waals surface area contributed by atoms with Crippen LogP contribution in [0.25, 0.3) is 0 Å². The van der Waals surface area contributed by atoms with E-state index in [1.165, 1.54) is 0 Å². The second-order valence-corrected chi connectivity index (χ2v) is 0. The molecule has 0 saturated carbocycles. The molecule has 0 radical (unpaired) electrons. The first-order valence-electron chi connectivity index (χ1n) is 1.22. The summed E-state index contributed by atoms with van der Waals surface area (Å²) in [5.41, 5.74) is 0. The third-order valence-electron chi connectivity index (χ3n) is 0. The zero-order chi connectivity index (χ0) is 6.00. The fraction of sp³-hybridized carbons (Fsp3) is 1.00. The molecule has 3 nitrogen and oxygen atoms in total. The predicted molar refractivity (Wildman–Crippen MR) is 18.9 cm³/mol. The molecule has 0 unspecified atom stereocenters. The summed E-state index contributed by atoms with van der Waals surface area (Å²) >= 11 is 0. The van der Waals surface area contributed by atoms with Crippen LogP contribution < -0.4 is 15.3 Å². The average Bonchev–Trinajstić information content (AvgIpc) is 1.81. The van der Waals surface area contributed by atoms with Crippen LogP contribution in [0.5, 0.6) is 0 Å². The van der Waals surface area contributed by atoms with Crippen LogP contribution in [0.15, 0.2) is 0 Å². The summed E-state index contributed by atoms with van der Waals surface area (Å²) < 4.78 is 0. The van der Waals surface area contributed by atoms with Gasteiger partial charge in [0.2, 0.25) is 0 Å². The van der Waals surface area contributed by atoms with Gasteiger partial charge in [-0.05, 0) is 0 Å². The topological polar surface area (TPSA) is 69.2 Å². The SMILES string of the molecule is C[O-].C[O-].C[O-].[H-].[Zr+4]. The van der Waals surface area contributed by atoms with E-state index in [4.69, 9.17) is 15.3 Å². The fourth-order valence-electron chi connectivity index (χ4n) is 0. The van der Waals surface area contributed by atoms with Gasteiger partial charge in [0.25, 0.3) is 0 Å². The van der Waals surface area contributed by atoms with E-state index in [9.17, 15) is 0 Å². The van der Waals surface area contributed by atoms with Crippen molar-refractivity contribution in [2.75, 3.05) is 21.3 Å². The van der Waals surface area contributed by atoms with Gasteiger partial charge < -0.3 is 16.7 Å². The Hall–Kier alpha value is 0.763. The van der Waals surface area contributed by atoms with E-state index in [1.807, 2.05) is 0 Å². The summed E-state index contributed by atoms with van der Waals surface area (Å²) in [5, 5.41) is 24.8. The van der Waals surface area contributed by atoms with Gasteiger partial charge in [-0.15, -0.1) is 0 Å². The van der Waals surface area contributed by atoms with Crippen molar-refractivity contribution in [1.29, 1.82) is 0 Å². The third-order valence-corrected chi connectivity index (χ3v) is 0. The zero-order valence-electron chi connectivity index (χ0n) is 5.72. The first-order chi connectivity index (χ1) is 3.00. The van der Waals surface area contributed by atoms with Crippen LogP contribution in [0.3, 0.4) is 0 Å². The summed E-state index contributed by atoms with van der Waals surface area (Å²) in [6.45, 7) is 0. The maximum atomic E-state index is 8.25. The van der Waals surface area contributed by atoms with Gasteiger partial charge in [-0.2, -0.15) is 21.3 Å². The maximum absolute atomic E-state index is 8.25. The predicted octanol–water partition coefficient (Wildman–Crippen LogP) is -2.96. The fourth-order valence-corrected chi connectivity index (χ4v) is 0. The standard InChI is InChI=1S/3CH3O.Zr.H/c3*1-2;;/h3*1H3;;/q3*-1;+4;-1. The molecule has 0 bridgehead atoms. The van der Waals surface area contributed by atoms with E-state index in [-0.39, 0.29) is 27.6 Å². The smallest absolute Gasteiger partial charge is 1.00 e. The average molecular weight is 185 g/mol. The summed E-state index contributed by atoms with van der Waals surface area (Å²) in [6, 6.07) is 0. The Bertz CT molecular complexity index is 14.5. The second kappa shape index (κ2) is 386. The van der Waals surface area contributed by atoms with E-state index in [2.05, 4.69) is 0 Å². The minimum absolute atomic E-state index is 0. The van der Waals surface area contributed by atoms with Crippen LogP contribution in [0, 0.1) is 0 Å². The Kier molecular flexibility index (Phi) is 1380. The third kappa shape index (κ3) is 263. The first kappa shape index (κ1) is 25.1. The molecule has 0 spiro atoms. The van der Waals surface area contributed by atoms with Crippen LogP contribution in [-0.2, 0) is 26.2 Å². The largest absolute Gasteiger partial charge is 4.00 e. The van der Waals surface area contributed by atoms with Crippen LogP contribution in [-0.4, -0.2) is 21.3 Å². The van der Waals surface area contributed by atoms with Gasteiger partial charge in [0.15, 0.2) is 0 Å². The molecule has 0 fully saturated rings. The second-order valence-electron chi connectivity index (χ2n) is 0. The van der Waals surface area contributed by atoms with E-state index in [0.29, 0.717) is 0 Å². The molecule has 0 aromatic rings. The van der Waals surface area contributed by atoms with Gasteiger partial charge >= 0.3 is 26.2 Å². The Morgan fingerprint density at radius 2 is 0.714 bits per heavy atom. The minimum atomic E-state index is 0. The monoisotopic (exact) mass is 184 g/mol. The Morgan fingerprint density at radius 3 is 0.714 bits per heavy atom. The van der Waals surface area contributed by atoms with Gasteiger partial charge in [0.05, 0.1) is 0 Å². The van der Waals surface area contributed by atoms with Crippen molar-refractivity contribution in [3.63, 3.8) is 0 Å². The van der Waals surface area contributed by atoms with Crippen molar-refractivity contribution in [2.24, 2.45) is 0 Å². The van der Waals surface area contributed by atoms with Gasteiger partial charge in [0.1, 0.15) is 0 Å². The van der Waals surface area contributed by atoms with Crippen molar-refractivity contribution < 1.29 is 42.9 Å². The van der Waals surface area contributed by atoms with Crippen molar-refractivity contribution in [1.82, 2.24) is 0 Å². The molecule has 0 saturated heterocycles. The van der Waals surface area contributed by atoms with Gasteiger partial charge in [-0.25, -0.2) is 0 Å². The normalized spacial score (nSPS) is 2.57. The Balaban J connectivity index is -0.00000000500. The van der Waals surface area contributed by atoms with Crippen LogP contribution in [0.4, 0.5) is 0 Å². The molecule has 0 rings (SSSR count). The molecule has 0 N–H and O–H groups in total. The first-order valence-corrected chi connectivity index (χ1v) is 1.22. The molecular weight excluding hydrogens is 175 g/mol. The Labute approximate surface area is 64.6 Å². The van der Waals surface area contributed by atoms with E-state index >= 15 is 0 Å². The van der Waals surface area contributed by atoms with E-state index in [1.54, 1.807) is 0 Å². The van der Waals surface area contributed by atoms with Crippen molar-refractivity contribution >= 4 is 0 Å². The van der Waals surface area contributed by atoms with E-state index < -0.39 is 0 Å². The van der Waals surface area contributed by atoms with Gasteiger partial charge in [-0.3, -0.25) is 0 Å². The molecule has 0 heterocycles. The Morgan fingerprint density at radius 1 is 0.714 bits per heavy atom. The summed E-state index contributed by atoms with van der Waals surface area (Å²) in [5.74, 6) is 0. The van der Waals surface area contributed by atoms with Crippen LogP contribution >= 0.6 is 0 Å². The summed E-state index contributed by atoms with van der Waals surface area (Å²) in [6.07, 6.45) is 0. The maximum Gasteiger partial charge on any atom is 4.00 e. The summed E-state index contributed by atoms with van der Waals surface area (Å²) in [7, 11) is 2.25. The molecule has 44 valence electrons. The van der Waals surface area contributed by atoms with Crippen molar-refractivity contribution in [3.8, 4) is 0 Å². The van der Waals surface area contributed by atoms with Crippen LogP contribution in [0.2, 0.25) is 0 Å². The molecular formula is C3H10O3Zr. The molecule has 0 aromatic carbocycles. The number of hydrogen-bond acceptors (Lipinski definition) is 3. The van der Waals surface area contributed by atoms with Crippen LogP contribution in [0.1, 0.15) is 1.43 Å². The molecule has 4 heteroatoms. The minimum Gasteiger partial charge on any atom is -1.00 e. The van der Waals surface area contributed by atoms with Crippen molar-refractivity contribution in [2.45, 2.75) is 0 Å². The van der Waals surface area contributed by atoms with Gasteiger partial charge in [0, 0.05) is 0 Å². The van der Waals surface area contributed by atoms with Crippen molar-refractivity contribution in [3.05, 3.63) is 0 Å². The number of hydrogen-bond donors (Lipinski definition) is 0. The van der Waals surface area contributed by atoms with E-state index in [0.717, 1.165) is 21.3 Å². The summed E-state index contributed by atoms with van der Waals surface area (Å²) in [4.78, 5) is 0. The quantitative estimate of drug-likeness (QED) is 0.405. The molecule has 7 heavy (non-hydrogen) atoms. The van der Waals surface area contributed by atoms with Gasteiger partial charge in [-0.1, -0.05) is 0 Å².